The van der Waals surface area contributed by atoms with Crippen molar-refractivity contribution in [1.82, 2.24) is 5.32 Å². The van der Waals surface area contributed by atoms with Crippen LogP contribution in [-0.4, -0.2) is 19.7 Å². The Morgan fingerprint density at radius 3 is 2.95 bits per heavy atom. The molecule has 0 aliphatic heterocycles. The van der Waals surface area contributed by atoms with E-state index in [1.165, 1.54) is 42.1 Å². The Morgan fingerprint density at radius 1 is 1.35 bits per heavy atom. The van der Waals surface area contributed by atoms with Crippen LogP contribution in [0.3, 0.4) is 0 Å². The third-order valence-corrected chi connectivity index (χ3v) is 5.00. The summed E-state index contributed by atoms with van der Waals surface area (Å²) in [7, 11) is 1.73. The predicted molar refractivity (Wildman–Crippen MR) is 88.4 cm³/mol. The molecular weight excluding hydrogens is 314 g/mol. The average molecular weight is 340 g/mol. The highest BCUT2D eigenvalue weighted by molar-refractivity contribution is 9.10. The lowest BCUT2D eigenvalue weighted by Gasteiger charge is -2.30. The summed E-state index contributed by atoms with van der Waals surface area (Å²) in [5.41, 5.74) is 1.38. The van der Waals surface area contributed by atoms with E-state index in [1.54, 1.807) is 7.11 Å². The fourth-order valence-electron chi connectivity index (χ4n) is 3.16. The molecule has 0 spiro atoms. The van der Waals surface area contributed by atoms with E-state index in [9.17, 15) is 0 Å². The number of rotatable bonds is 6. The van der Waals surface area contributed by atoms with Crippen molar-refractivity contribution in [3.05, 3.63) is 28.2 Å². The Labute approximate surface area is 131 Å². The standard InChI is InChI=1S/C17H26BrNO/c1-3-9-19-15-6-4-5-13(11-15)10-14-12-16(20-2)7-8-17(14)18/h7-8,12-13,15,19H,3-6,9-11H2,1-2H3. The third kappa shape index (κ3) is 4.49. The number of ether oxygens (including phenoxy) is 1. The summed E-state index contributed by atoms with van der Waals surface area (Å²) in [5, 5.41) is 3.69. The molecule has 0 saturated heterocycles. The minimum atomic E-state index is 0.720. The van der Waals surface area contributed by atoms with Gasteiger partial charge in [-0.1, -0.05) is 35.7 Å². The molecule has 1 aromatic carbocycles. The van der Waals surface area contributed by atoms with Crippen molar-refractivity contribution < 1.29 is 4.74 Å². The molecule has 2 unspecified atom stereocenters. The van der Waals surface area contributed by atoms with E-state index in [-0.39, 0.29) is 0 Å². The molecule has 0 aromatic heterocycles. The van der Waals surface area contributed by atoms with Crippen molar-refractivity contribution in [2.24, 2.45) is 5.92 Å². The number of hydrogen-bond acceptors (Lipinski definition) is 2. The first-order chi connectivity index (χ1) is 9.72. The highest BCUT2D eigenvalue weighted by Gasteiger charge is 2.22. The van der Waals surface area contributed by atoms with Crippen LogP contribution in [0.4, 0.5) is 0 Å². The van der Waals surface area contributed by atoms with Crippen molar-refractivity contribution >= 4 is 15.9 Å². The molecule has 0 amide bonds. The van der Waals surface area contributed by atoms with Crippen molar-refractivity contribution in [3.63, 3.8) is 0 Å². The zero-order chi connectivity index (χ0) is 14.4. The first-order valence-corrected chi connectivity index (χ1v) is 8.58. The maximum atomic E-state index is 5.34. The fourth-order valence-corrected chi connectivity index (χ4v) is 3.56. The van der Waals surface area contributed by atoms with Crippen LogP contribution >= 0.6 is 15.9 Å². The van der Waals surface area contributed by atoms with Gasteiger partial charge in [0.25, 0.3) is 0 Å². The van der Waals surface area contributed by atoms with Crippen LogP contribution in [-0.2, 0) is 6.42 Å². The smallest absolute Gasteiger partial charge is 0.119 e. The minimum absolute atomic E-state index is 0.720. The van der Waals surface area contributed by atoms with Crippen LogP contribution in [0.15, 0.2) is 22.7 Å². The van der Waals surface area contributed by atoms with Crippen LogP contribution in [0.2, 0.25) is 0 Å². The summed E-state index contributed by atoms with van der Waals surface area (Å²) in [6.07, 6.45) is 7.74. The van der Waals surface area contributed by atoms with Gasteiger partial charge in [-0.05, 0) is 61.9 Å². The van der Waals surface area contributed by atoms with Gasteiger partial charge in [-0.2, -0.15) is 0 Å². The molecular formula is C17H26BrNO. The summed E-state index contributed by atoms with van der Waals surface area (Å²) in [6.45, 7) is 3.39. The highest BCUT2D eigenvalue weighted by atomic mass is 79.9. The number of halogens is 1. The first kappa shape index (κ1) is 15.8. The maximum Gasteiger partial charge on any atom is 0.119 e. The monoisotopic (exact) mass is 339 g/mol. The van der Waals surface area contributed by atoms with E-state index in [0.717, 1.165) is 30.7 Å². The van der Waals surface area contributed by atoms with Gasteiger partial charge in [-0.3, -0.25) is 0 Å². The molecule has 1 aliphatic rings. The number of hydrogen-bond donors (Lipinski definition) is 1. The van der Waals surface area contributed by atoms with E-state index in [1.807, 2.05) is 6.07 Å². The van der Waals surface area contributed by atoms with Gasteiger partial charge in [0.2, 0.25) is 0 Å². The van der Waals surface area contributed by atoms with Crippen LogP contribution in [0.1, 0.15) is 44.6 Å². The maximum absolute atomic E-state index is 5.34. The minimum Gasteiger partial charge on any atom is -0.497 e. The molecule has 2 nitrogen and oxygen atoms in total. The number of methoxy groups -OCH3 is 1. The van der Waals surface area contributed by atoms with Crippen molar-refractivity contribution in [2.75, 3.05) is 13.7 Å². The second-order valence-corrected chi connectivity index (χ2v) is 6.70. The first-order valence-electron chi connectivity index (χ1n) is 7.78. The summed E-state index contributed by atoms with van der Waals surface area (Å²) in [4.78, 5) is 0. The molecule has 2 rings (SSSR count). The van der Waals surface area contributed by atoms with Gasteiger partial charge in [-0.25, -0.2) is 0 Å². The summed E-state index contributed by atoms with van der Waals surface area (Å²) >= 11 is 3.67. The molecule has 20 heavy (non-hydrogen) atoms. The second kappa shape index (κ2) is 8.04. The topological polar surface area (TPSA) is 21.3 Å². The van der Waals surface area contributed by atoms with Gasteiger partial charge in [0.15, 0.2) is 0 Å². The van der Waals surface area contributed by atoms with Gasteiger partial charge in [0.05, 0.1) is 7.11 Å². The van der Waals surface area contributed by atoms with E-state index < -0.39 is 0 Å². The quantitative estimate of drug-likeness (QED) is 0.820. The zero-order valence-electron chi connectivity index (χ0n) is 12.6. The van der Waals surface area contributed by atoms with Crippen LogP contribution in [0, 0.1) is 5.92 Å². The molecule has 3 heteroatoms. The van der Waals surface area contributed by atoms with Crippen molar-refractivity contribution in [3.8, 4) is 5.75 Å². The summed E-state index contributed by atoms with van der Waals surface area (Å²) in [5.74, 6) is 1.75. The third-order valence-electron chi connectivity index (χ3n) is 4.23. The number of nitrogens with one attached hydrogen (secondary N) is 1. The lowest BCUT2D eigenvalue weighted by Crippen LogP contribution is -2.35. The van der Waals surface area contributed by atoms with E-state index in [0.29, 0.717) is 0 Å². The van der Waals surface area contributed by atoms with Crippen LogP contribution < -0.4 is 10.1 Å². The lowest BCUT2D eigenvalue weighted by molar-refractivity contribution is 0.284. The molecule has 0 radical (unpaired) electrons. The fraction of sp³-hybridized carbons (Fsp3) is 0.647. The second-order valence-electron chi connectivity index (χ2n) is 5.85. The highest BCUT2D eigenvalue weighted by Crippen LogP contribution is 2.31. The number of benzene rings is 1. The SMILES string of the molecule is CCCNC1CCCC(Cc2cc(OC)ccc2Br)C1. The lowest BCUT2D eigenvalue weighted by atomic mass is 9.82. The van der Waals surface area contributed by atoms with E-state index in [2.05, 4.69) is 40.3 Å². The molecule has 112 valence electrons. The Hall–Kier alpha value is -0.540. The van der Waals surface area contributed by atoms with Gasteiger partial charge < -0.3 is 10.1 Å². The Balaban J connectivity index is 1.95. The largest absolute Gasteiger partial charge is 0.497 e. The van der Waals surface area contributed by atoms with Crippen LogP contribution in [0.5, 0.6) is 5.75 Å². The Bertz CT molecular complexity index is 421. The Morgan fingerprint density at radius 2 is 2.20 bits per heavy atom. The molecule has 1 aromatic rings. The zero-order valence-corrected chi connectivity index (χ0v) is 14.2. The molecule has 2 atom stereocenters. The van der Waals surface area contributed by atoms with E-state index >= 15 is 0 Å². The van der Waals surface area contributed by atoms with Crippen molar-refractivity contribution in [2.45, 2.75) is 51.5 Å². The molecule has 1 saturated carbocycles. The molecule has 1 fully saturated rings. The summed E-state index contributed by atoms with van der Waals surface area (Å²) in [6, 6.07) is 7.01. The normalized spacial score (nSPS) is 22.8. The molecule has 0 heterocycles. The van der Waals surface area contributed by atoms with E-state index in [4.69, 9.17) is 4.74 Å². The van der Waals surface area contributed by atoms with Gasteiger partial charge in [0.1, 0.15) is 5.75 Å². The molecule has 0 bridgehead atoms. The molecule has 1 aliphatic carbocycles. The Kier molecular flexibility index (Phi) is 6.37. The van der Waals surface area contributed by atoms with Gasteiger partial charge >= 0.3 is 0 Å². The predicted octanol–water partition coefficient (Wildman–Crippen LogP) is 4.56. The van der Waals surface area contributed by atoms with Crippen molar-refractivity contribution in [1.29, 1.82) is 0 Å². The van der Waals surface area contributed by atoms with Crippen LogP contribution in [0.25, 0.3) is 0 Å². The summed E-state index contributed by atoms with van der Waals surface area (Å²) < 4.78 is 6.55. The van der Waals surface area contributed by atoms with Gasteiger partial charge in [-0.15, -0.1) is 0 Å². The molecule has 1 N–H and O–H groups in total. The average Bonchev–Trinajstić information content (AvgIpc) is 2.48. The van der Waals surface area contributed by atoms with Gasteiger partial charge in [0, 0.05) is 10.5 Å².